The van der Waals surface area contributed by atoms with Crippen LogP contribution in [0.4, 0.5) is 0 Å². The molecule has 5 nitrogen and oxygen atoms in total. The number of rotatable bonds is 5. The summed E-state index contributed by atoms with van der Waals surface area (Å²) in [5.41, 5.74) is 1.79. The van der Waals surface area contributed by atoms with Gasteiger partial charge in [-0.1, -0.05) is 0 Å². The Morgan fingerprint density at radius 2 is 2.27 bits per heavy atom. The van der Waals surface area contributed by atoms with Crippen LogP contribution in [0.1, 0.15) is 40.2 Å². The summed E-state index contributed by atoms with van der Waals surface area (Å²) in [6.07, 6.45) is 5.33. The summed E-state index contributed by atoms with van der Waals surface area (Å²) < 4.78 is 13.2. The molecule has 4 rings (SSSR count). The molecule has 1 saturated heterocycles. The molecule has 136 valence electrons. The van der Waals surface area contributed by atoms with Gasteiger partial charge in [0.25, 0.3) is 0 Å². The van der Waals surface area contributed by atoms with Crippen LogP contribution in [0.15, 0.2) is 30.5 Å². The number of aryl methyl sites for hydroxylation is 1. The van der Waals surface area contributed by atoms with Gasteiger partial charge in [0.15, 0.2) is 0 Å². The summed E-state index contributed by atoms with van der Waals surface area (Å²) in [5.74, 6) is 0.506. The summed E-state index contributed by atoms with van der Waals surface area (Å²) in [6.45, 7) is 3.82. The molecule has 0 spiro atoms. The second-order valence-corrected chi connectivity index (χ2v) is 7.71. The van der Waals surface area contributed by atoms with Crippen molar-refractivity contribution in [3.8, 4) is 5.88 Å². The minimum absolute atomic E-state index is 0.000488. The number of ether oxygens (including phenoxy) is 2. The van der Waals surface area contributed by atoms with E-state index in [0.717, 1.165) is 41.1 Å². The van der Waals surface area contributed by atoms with Gasteiger partial charge in [-0.2, -0.15) is 0 Å². The predicted molar refractivity (Wildman–Crippen MR) is 102 cm³/mol. The minimum Gasteiger partial charge on any atom is -0.481 e. The Bertz CT molecular complexity index is 921. The van der Waals surface area contributed by atoms with Crippen LogP contribution in [0.2, 0.25) is 0 Å². The lowest BCUT2D eigenvalue weighted by Crippen LogP contribution is -2.24. The molecule has 1 aliphatic heterocycles. The van der Waals surface area contributed by atoms with E-state index in [4.69, 9.17) is 9.47 Å². The molecular weight excluding hydrogens is 348 g/mol. The molecule has 6 heteroatoms. The van der Waals surface area contributed by atoms with E-state index >= 15 is 0 Å². The summed E-state index contributed by atoms with van der Waals surface area (Å²) in [5, 5.41) is 1.12. The Labute approximate surface area is 156 Å². The van der Waals surface area contributed by atoms with Crippen LogP contribution in [0.5, 0.6) is 5.88 Å². The highest BCUT2D eigenvalue weighted by Gasteiger charge is 2.20. The van der Waals surface area contributed by atoms with E-state index in [2.05, 4.69) is 22.5 Å². The highest BCUT2D eigenvalue weighted by Crippen LogP contribution is 2.31. The fourth-order valence-corrected chi connectivity index (χ4v) is 4.61. The van der Waals surface area contributed by atoms with E-state index in [0.29, 0.717) is 11.4 Å². The van der Waals surface area contributed by atoms with E-state index in [1.807, 2.05) is 6.07 Å². The molecule has 0 aromatic carbocycles. The first-order valence-electron chi connectivity index (χ1n) is 8.91. The minimum atomic E-state index is -0.000488. The van der Waals surface area contributed by atoms with Crippen molar-refractivity contribution in [3.63, 3.8) is 0 Å². The number of hydrogen-bond donors (Lipinski definition) is 0. The third kappa shape index (κ3) is 3.27. The van der Waals surface area contributed by atoms with Gasteiger partial charge < -0.3 is 14.0 Å². The Balaban J connectivity index is 1.61. The molecule has 1 fully saturated rings. The van der Waals surface area contributed by atoms with Crippen molar-refractivity contribution in [2.75, 3.05) is 13.7 Å². The SMILES string of the molecule is COc1ccc(C(=O)c2cc3cc(C)n(CC4CCCCO4)c3s2)cn1. The molecule has 0 amide bonds. The van der Waals surface area contributed by atoms with Gasteiger partial charge in [-0.25, -0.2) is 4.98 Å². The van der Waals surface area contributed by atoms with E-state index < -0.39 is 0 Å². The van der Waals surface area contributed by atoms with Gasteiger partial charge in [-0.05, 0) is 44.4 Å². The number of nitrogens with zero attached hydrogens (tertiary/aromatic N) is 2. The third-order valence-electron chi connectivity index (χ3n) is 4.87. The third-order valence-corrected chi connectivity index (χ3v) is 6.04. The normalized spacial score (nSPS) is 17.5. The van der Waals surface area contributed by atoms with E-state index in [-0.39, 0.29) is 11.9 Å². The lowest BCUT2D eigenvalue weighted by atomic mass is 10.1. The van der Waals surface area contributed by atoms with Crippen LogP contribution in [-0.2, 0) is 11.3 Å². The standard InChI is InChI=1S/C20H22N2O3S/c1-13-9-15-10-17(19(23)14-6-7-18(24-2)21-11-14)26-20(15)22(13)12-16-5-3-4-8-25-16/h6-7,9-11,16H,3-5,8,12H2,1-2H3. The summed E-state index contributed by atoms with van der Waals surface area (Å²) in [6, 6.07) is 7.61. The quantitative estimate of drug-likeness (QED) is 0.631. The fraction of sp³-hybridized carbons (Fsp3) is 0.400. The van der Waals surface area contributed by atoms with E-state index in [9.17, 15) is 4.79 Å². The van der Waals surface area contributed by atoms with Crippen molar-refractivity contribution < 1.29 is 14.3 Å². The molecular formula is C20H22N2O3S. The topological polar surface area (TPSA) is 53.4 Å². The molecule has 4 heterocycles. The largest absolute Gasteiger partial charge is 0.481 e. The smallest absolute Gasteiger partial charge is 0.212 e. The molecule has 0 bridgehead atoms. The number of methoxy groups -OCH3 is 1. The molecule has 1 atom stereocenters. The Kier molecular flexibility index (Phi) is 4.78. The maximum Gasteiger partial charge on any atom is 0.212 e. The van der Waals surface area contributed by atoms with Crippen molar-refractivity contribution in [1.82, 2.24) is 9.55 Å². The molecule has 0 radical (unpaired) electrons. The molecule has 0 saturated carbocycles. The van der Waals surface area contributed by atoms with Gasteiger partial charge in [0.2, 0.25) is 11.7 Å². The maximum absolute atomic E-state index is 12.8. The zero-order valence-corrected chi connectivity index (χ0v) is 15.8. The van der Waals surface area contributed by atoms with Crippen LogP contribution in [0, 0.1) is 6.92 Å². The van der Waals surface area contributed by atoms with Crippen molar-refractivity contribution in [3.05, 3.63) is 46.6 Å². The molecule has 3 aromatic rings. The van der Waals surface area contributed by atoms with Crippen LogP contribution in [0.25, 0.3) is 10.2 Å². The zero-order chi connectivity index (χ0) is 18.1. The van der Waals surface area contributed by atoms with Crippen LogP contribution in [-0.4, -0.2) is 35.2 Å². The fourth-order valence-electron chi connectivity index (χ4n) is 3.44. The number of fused-ring (bicyclic) bond motifs is 1. The van der Waals surface area contributed by atoms with E-state index in [1.165, 1.54) is 12.1 Å². The summed E-state index contributed by atoms with van der Waals surface area (Å²) >= 11 is 1.55. The Hall–Kier alpha value is -2.18. The first-order valence-corrected chi connectivity index (χ1v) is 9.73. The maximum atomic E-state index is 12.8. The lowest BCUT2D eigenvalue weighted by molar-refractivity contribution is 0.00649. The lowest BCUT2D eigenvalue weighted by Gasteiger charge is -2.23. The Morgan fingerprint density at radius 1 is 1.38 bits per heavy atom. The average molecular weight is 370 g/mol. The average Bonchev–Trinajstić information content (AvgIpc) is 3.21. The second-order valence-electron chi connectivity index (χ2n) is 6.67. The number of pyridine rings is 1. The monoisotopic (exact) mass is 370 g/mol. The molecule has 1 unspecified atom stereocenters. The van der Waals surface area contributed by atoms with Gasteiger partial charge >= 0.3 is 0 Å². The number of thiophene rings is 1. The Morgan fingerprint density at radius 3 is 2.96 bits per heavy atom. The summed E-state index contributed by atoms with van der Waals surface area (Å²) in [7, 11) is 1.56. The number of aromatic nitrogens is 2. The summed E-state index contributed by atoms with van der Waals surface area (Å²) in [4.78, 5) is 18.8. The van der Waals surface area contributed by atoms with Gasteiger partial charge in [-0.3, -0.25) is 4.79 Å². The number of carbonyl (C=O) groups excluding carboxylic acids is 1. The van der Waals surface area contributed by atoms with Gasteiger partial charge in [0.1, 0.15) is 4.83 Å². The molecule has 1 aliphatic rings. The highest BCUT2D eigenvalue weighted by atomic mass is 32.1. The van der Waals surface area contributed by atoms with Gasteiger partial charge in [0, 0.05) is 42.1 Å². The molecule has 0 aliphatic carbocycles. The van der Waals surface area contributed by atoms with Crippen molar-refractivity contribution >= 4 is 27.3 Å². The van der Waals surface area contributed by atoms with Crippen molar-refractivity contribution in [2.24, 2.45) is 0 Å². The second kappa shape index (κ2) is 7.21. The highest BCUT2D eigenvalue weighted by molar-refractivity contribution is 7.20. The first kappa shape index (κ1) is 17.2. The van der Waals surface area contributed by atoms with Crippen LogP contribution >= 0.6 is 11.3 Å². The van der Waals surface area contributed by atoms with Crippen molar-refractivity contribution in [1.29, 1.82) is 0 Å². The van der Waals surface area contributed by atoms with Crippen LogP contribution < -0.4 is 4.74 Å². The van der Waals surface area contributed by atoms with Crippen molar-refractivity contribution in [2.45, 2.75) is 38.8 Å². The number of ketones is 1. The van der Waals surface area contributed by atoms with Crippen LogP contribution in [0.3, 0.4) is 0 Å². The van der Waals surface area contributed by atoms with E-state index in [1.54, 1.807) is 36.8 Å². The zero-order valence-electron chi connectivity index (χ0n) is 15.0. The number of carbonyl (C=O) groups is 1. The molecule has 3 aromatic heterocycles. The van der Waals surface area contributed by atoms with Gasteiger partial charge in [-0.15, -0.1) is 11.3 Å². The molecule has 26 heavy (non-hydrogen) atoms. The first-order chi connectivity index (χ1) is 12.7. The van der Waals surface area contributed by atoms with Gasteiger partial charge in [0.05, 0.1) is 18.1 Å². The molecule has 0 N–H and O–H groups in total. The number of hydrogen-bond acceptors (Lipinski definition) is 5. The predicted octanol–water partition coefficient (Wildman–Crippen LogP) is 4.21.